The zero-order valence-corrected chi connectivity index (χ0v) is 12.2. The molecule has 0 amide bonds. The van der Waals surface area contributed by atoms with E-state index in [1.165, 1.54) is 5.57 Å². The molecule has 0 aliphatic rings. The van der Waals surface area contributed by atoms with Crippen molar-refractivity contribution in [2.75, 3.05) is 0 Å². The van der Waals surface area contributed by atoms with Crippen molar-refractivity contribution >= 4 is 15.9 Å². The van der Waals surface area contributed by atoms with Crippen LogP contribution in [0, 0.1) is 11.8 Å². The second-order valence-electron chi connectivity index (χ2n) is 4.49. The fraction of sp³-hybridized carbons (Fsp3) is 0.571. The quantitative estimate of drug-likeness (QED) is 0.581. The lowest BCUT2D eigenvalue weighted by Crippen LogP contribution is -1.93. The highest BCUT2D eigenvalue weighted by Crippen LogP contribution is 2.21. The summed E-state index contributed by atoms with van der Waals surface area (Å²) in [7, 11) is 0. The minimum atomic E-state index is 0.509. The Hall–Kier alpha value is -0.300. The molecule has 1 heteroatoms. The van der Waals surface area contributed by atoms with Gasteiger partial charge in [-0.15, -0.1) is 0 Å². The minimum absolute atomic E-state index is 0.509. The van der Waals surface area contributed by atoms with Crippen LogP contribution in [0.1, 0.15) is 41.0 Å². The van der Waals surface area contributed by atoms with Crippen molar-refractivity contribution in [3.63, 3.8) is 0 Å². The van der Waals surface area contributed by atoms with Crippen LogP contribution < -0.4 is 0 Å². The Bertz CT molecular complexity index is 267. The molecule has 0 aliphatic heterocycles. The average Bonchev–Trinajstić information content (AvgIpc) is 2.13. The summed E-state index contributed by atoms with van der Waals surface area (Å²) in [4.78, 5) is 0. The van der Waals surface area contributed by atoms with E-state index in [0.29, 0.717) is 11.8 Å². The van der Waals surface area contributed by atoms with E-state index in [1.54, 1.807) is 0 Å². The summed E-state index contributed by atoms with van der Waals surface area (Å²) in [6.07, 6.45) is 5.44. The van der Waals surface area contributed by atoms with Gasteiger partial charge >= 0.3 is 0 Å². The number of hydrogen-bond acceptors (Lipinski definition) is 0. The molecule has 0 heterocycles. The van der Waals surface area contributed by atoms with Gasteiger partial charge in [-0.05, 0) is 30.4 Å². The minimum Gasteiger partial charge on any atom is -0.0955 e. The summed E-state index contributed by atoms with van der Waals surface area (Å²) in [6.45, 7) is 15.0. The van der Waals surface area contributed by atoms with Crippen molar-refractivity contribution in [2.24, 2.45) is 11.8 Å². The summed E-state index contributed by atoms with van der Waals surface area (Å²) >= 11 is 3.58. The third kappa shape index (κ3) is 5.99. The summed E-state index contributed by atoms with van der Waals surface area (Å²) in [5, 5.41) is 0. The summed E-state index contributed by atoms with van der Waals surface area (Å²) in [6, 6.07) is 0. The second-order valence-corrected chi connectivity index (χ2v) is 5.40. The summed E-state index contributed by atoms with van der Waals surface area (Å²) in [5.41, 5.74) is 2.63. The first-order valence-electron chi connectivity index (χ1n) is 5.64. The molecule has 0 radical (unpaired) electrons. The maximum Gasteiger partial charge on any atom is 0.0177 e. The normalized spacial score (nSPS) is 13.9. The van der Waals surface area contributed by atoms with E-state index >= 15 is 0 Å². The number of rotatable bonds is 5. The van der Waals surface area contributed by atoms with Crippen LogP contribution in [0.2, 0.25) is 0 Å². The monoisotopic (exact) mass is 270 g/mol. The Kier molecular flexibility index (Phi) is 6.91. The Morgan fingerprint density at radius 2 is 1.67 bits per heavy atom. The molecule has 0 bridgehead atoms. The Balaban J connectivity index is 4.71. The van der Waals surface area contributed by atoms with Gasteiger partial charge in [-0.3, -0.25) is 0 Å². The van der Waals surface area contributed by atoms with Gasteiger partial charge in [0.2, 0.25) is 0 Å². The molecule has 0 aromatic heterocycles. The highest BCUT2D eigenvalue weighted by molar-refractivity contribution is 9.11. The highest BCUT2D eigenvalue weighted by Gasteiger charge is 2.02. The standard InChI is InChI=1S/C14H23Br/c1-7-13(11(4)5)9-14(15)8-12(6)10(2)3/h8-11H,6-7H2,1-5H3/b13-9+,14-8+. The van der Waals surface area contributed by atoms with Crippen molar-refractivity contribution < 1.29 is 0 Å². The van der Waals surface area contributed by atoms with Gasteiger partial charge in [0.25, 0.3) is 0 Å². The van der Waals surface area contributed by atoms with Crippen LogP contribution in [-0.2, 0) is 0 Å². The van der Waals surface area contributed by atoms with Gasteiger partial charge in [0.1, 0.15) is 0 Å². The molecular weight excluding hydrogens is 248 g/mol. The van der Waals surface area contributed by atoms with Crippen LogP contribution in [0.4, 0.5) is 0 Å². The van der Waals surface area contributed by atoms with Crippen molar-refractivity contribution in [3.05, 3.63) is 34.4 Å². The topological polar surface area (TPSA) is 0 Å². The van der Waals surface area contributed by atoms with Crippen molar-refractivity contribution in [3.8, 4) is 0 Å². The summed E-state index contributed by atoms with van der Waals surface area (Å²) < 4.78 is 1.13. The van der Waals surface area contributed by atoms with E-state index in [9.17, 15) is 0 Å². The van der Waals surface area contributed by atoms with Crippen LogP contribution >= 0.6 is 15.9 Å². The van der Waals surface area contributed by atoms with Crippen LogP contribution in [-0.4, -0.2) is 0 Å². The maximum atomic E-state index is 4.04. The zero-order chi connectivity index (χ0) is 12.0. The van der Waals surface area contributed by atoms with E-state index in [1.807, 2.05) is 0 Å². The molecule has 0 N–H and O–H groups in total. The van der Waals surface area contributed by atoms with E-state index in [4.69, 9.17) is 0 Å². The smallest absolute Gasteiger partial charge is 0.0177 e. The molecule has 0 aromatic carbocycles. The molecule has 0 fully saturated rings. The average molecular weight is 271 g/mol. The molecule has 0 rings (SSSR count). The van der Waals surface area contributed by atoms with E-state index in [2.05, 4.69) is 69.3 Å². The SMILES string of the molecule is C=C(/C=C(Br)\C=C(/CC)C(C)C)C(C)C. The number of halogens is 1. The third-order valence-electron chi connectivity index (χ3n) is 2.54. The predicted molar refractivity (Wildman–Crippen MR) is 74.2 cm³/mol. The Morgan fingerprint density at radius 1 is 1.13 bits per heavy atom. The lowest BCUT2D eigenvalue weighted by atomic mass is 9.99. The Labute approximate surface area is 103 Å². The second kappa shape index (κ2) is 7.05. The molecule has 0 nitrogen and oxygen atoms in total. The van der Waals surface area contributed by atoms with E-state index < -0.39 is 0 Å². The zero-order valence-electron chi connectivity index (χ0n) is 10.6. The van der Waals surface area contributed by atoms with Crippen molar-refractivity contribution in [2.45, 2.75) is 41.0 Å². The number of hydrogen-bond donors (Lipinski definition) is 0. The van der Waals surface area contributed by atoms with Crippen LogP contribution in [0.15, 0.2) is 34.4 Å². The first kappa shape index (κ1) is 14.7. The fourth-order valence-electron chi connectivity index (χ4n) is 1.24. The van der Waals surface area contributed by atoms with Gasteiger partial charge in [0.05, 0.1) is 0 Å². The molecule has 0 aromatic rings. The highest BCUT2D eigenvalue weighted by atomic mass is 79.9. The molecule has 0 atom stereocenters. The van der Waals surface area contributed by atoms with Gasteiger partial charge in [-0.25, -0.2) is 0 Å². The molecule has 15 heavy (non-hydrogen) atoms. The third-order valence-corrected chi connectivity index (χ3v) is 3.00. The first-order valence-corrected chi connectivity index (χ1v) is 6.44. The first-order chi connectivity index (χ1) is 6.88. The largest absolute Gasteiger partial charge is 0.0955 e. The summed E-state index contributed by atoms with van der Waals surface area (Å²) in [5.74, 6) is 1.12. The van der Waals surface area contributed by atoms with Gasteiger partial charge in [0.15, 0.2) is 0 Å². The molecular formula is C14H23Br. The molecule has 0 spiro atoms. The van der Waals surface area contributed by atoms with Crippen LogP contribution in [0.3, 0.4) is 0 Å². The van der Waals surface area contributed by atoms with Crippen LogP contribution in [0.5, 0.6) is 0 Å². The van der Waals surface area contributed by atoms with Gasteiger partial charge < -0.3 is 0 Å². The fourth-order valence-corrected chi connectivity index (χ4v) is 1.83. The lowest BCUT2D eigenvalue weighted by molar-refractivity contribution is 0.732. The molecule has 0 saturated heterocycles. The molecule has 0 aliphatic carbocycles. The van der Waals surface area contributed by atoms with Crippen molar-refractivity contribution in [1.82, 2.24) is 0 Å². The molecule has 86 valence electrons. The number of allylic oxidation sites excluding steroid dienone is 5. The molecule has 0 saturated carbocycles. The Morgan fingerprint density at radius 3 is 2.00 bits per heavy atom. The van der Waals surface area contributed by atoms with E-state index in [-0.39, 0.29) is 0 Å². The molecule has 0 unspecified atom stereocenters. The van der Waals surface area contributed by atoms with Gasteiger partial charge in [-0.1, -0.05) is 68.3 Å². The lowest BCUT2D eigenvalue weighted by Gasteiger charge is -2.09. The predicted octanol–water partition coefficient (Wildman–Crippen LogP) is 5.47. The van der Waals surface area contributed by atoms with Gasteiger partial charge in [-0.2, -0.15) is 0 Å². The van der Waals surface area contributed by atoms with Crippen LogP contribution in [0.25, 0.3) is 0 Å². The van der Waals surface area contributed by atoms with Crippen molar-refractivity contribution in [1.29, 1.82) is 0 Å². The maximum absolute atomic E-state index is 4.04. The van der Waals surface area contributed by atoms with Gasteiger partial charge in [0, 0.05) is 4.48 Å². The van der Waals surface area contributed by atoms with E-state index in [0.717, 1.165) is 16.5 Å².